The average molecular weight is 357 g/mol. The summed E-state index contributed by atoms with van der Waals surface area (Å²) in [7, 11) is 0. The Hall–Kier alpha value is -1.66. The van der Waals surface area contributed by atoms with E-state index in [1.165, 1.54) is 6.07 Å². The summed E-state index contributed by atoms with van der Waals surface area (Å²) in [4.78, 5) is 14.5. The van der Waals surface area contributed by atoms with E-state index in [0.29, 0.717) is 16.2 Å². The van der Waals surface area contributed by atoms with Crippen LogP contribution >= 0.6 is 27.5 Å². The zero-order valence-electron chi connectivity index (χ0n) is 10.6. The number of nitro benzene ring substituents is 1. The van der Waals surface area contributed by atoms with Crippen LogP contribution in [-0.4, -0.2) is 9.91 Å². The molecule has 0 aliphatic rings. The first-order valence-electron chi connectivity index (χ1n) is 5.77. The third kappa shape index (κ3) is 3.26. The summed E-state index contributed by atoms with van der Waals surface area (Å²) in [6.07, 6.45) is 1.63. The van der Waals surface area contributed by atoms with E-state index in [9.17, 15) is 10.1 Å². The number of pyridine rings is 1. The lowest BCUT2D eigenvalue weighted by atomic mass is 10.2. The topological polar surface area (TPSA) is 68.1 Å². The second-order valence-corrected chi connectivity index (χ2v) is 5.40. The Morgan fingerprint density at radius 1 is 1.45 bits per heavy atom. The lowest BCUT2D eigenvalue weighted by Crippen LogP contribution is -2.03. The molecule has 1 heterocycles. The summed E-state index contributed by atoms with van der Waals surface area (Å²) < 4.78 is 0.460. The van der Waals surface area contributed by atoms with Gasteiger partial charge in [-0.3, -0.25) is 10.1 Å². The number of anilines is 1. The Balaban J connectivity index is 2.19. The van der Waals surface area contributed by atoms with Crippen LogP contribution in [0.15, 0.2) is 34.9 Å². The monoisotopic (exact) mass is 355 g/mol. The summed E-state index contributed by atoms with van der Waals surface area (Å²) in [5, 5.41) is 14.4. The van der Waals surface area contributed by atoms with Crippen LogP contribution in [0.25, 0.3) is 0 Å². The smallest absolute Gasteiger partial charge is 0.283 e. The molecule has 1 aromatic heterocycles. The van der Waals surface area contributed by atoms with Gasteiger partial charge in [-0.25, -0.2) is 4.98 Å². The van der Waals surface area contributed by atoms with Gasteiger partial charge in [0.15, 0.2) is 5.15 Å². The van der Waals surface area contributed by atoms with Crippen molar-refractivity contribution in [3.05, 3.63) is 61.3 Å². The molecule has 7 heteroatoms. The van der Waals surface area contributed by atoms with Crippen molar-refractivity contribution in [2.24, 2.45) is 0 Å². The fraction of sp³-hybridized carbons (Fsp3) is 0.154. The van der Waals surface area contributed by atoms with Crippen LogP contribution in [0.4, 0.5) is 11.4 Å². The Morgan fingerprint density at radius 2 is 2.20 bits per heavy atom. The number of halogens is 2. The Kier molecular flexibility index (Phi) is 4.57. The summed E-state index contributed by atoms with van der Waals surface area (Å²) in [5.74, 6) is 0. The Morgan fingerprint density at radius 3 is 2.85 bits per heavy atom. The highest BCUT2D eigenvalue weighted by Gasteiger charge is 2.12. The van der Waals surface area contributed by atoms with Gasteiger partial charge in [-0.15, -0.1) is 0 Å². The highest BCUT2D eigenvalue weighted by Crippen LogP contribution is 2.27. The lowest BCUT2D eigenvalue weighted by Gasteiger charge is -2.10. The van der Waals surface area contributed by atoms with Gasteiger partial charge in [-0.2, -0.15) is 0 Å². The van der Waals surface area contributed by atoms with E-state index in [-0.39, 0.29) is 5.69 Å². The first-order valence-corrected chi connectivity index (χ1v) is 6.94. The van der Waals surface area contributed by atoms with Crippen molar-refractivity contribution in [3.8, 4) is 0 Å². The Bertz CT molecular complexity index is 644. The van der Waals surface area contributed by atoms with Crippen LogP contribution in [0, 0.1) is 17.0 Å². The molecule has 104 valence electrons. The molecule has 5 nitrogen and oxygen atoms in total. The molecule has 0 unspecified atom stereocenters. The second-order valence-electron chi connectivity index (χ2n) is 4.19. The maximum atomic E-state index is 10.9. The molecule has 1 aromatic carbocycles. The number of hydrogen-bond acceptors (Lipinski definition) is 4. The zero-order chi connectivity index (χ0) is 14.7. The molecular formula is C13H11BrClN3O2. The molecule has 0 aliphatic heterocycles. The number of aromatic nitrogens is 1. The van der Waals surface area contributed by atoms with Crippen molar-refractivity contribution in [1.82, 2.24) is 4.98 Å². The number of benzene rings is 1. The molecule has 2 rings (SSSR count). The Labute approximate surface area is 129 Å². The predicted octanol–water partition coefficient (Wildman–Crippen LogP) is 4.33. The van der Waals surface area contributed by atoms with E-state index in [0.717, 1.165) is 16.8 Å². The minimum atomic E-state index is -0.421. The van der Waals surface area contributed by atoms with E-state index < -0.39 is 4.92 Å². The standard InChI is InChI=1S/C13H11BrClN3O2/c1-8-4-5-16-13(15)12(8)17-7-9-2-3-10(14)11(6-9)18(19)20/h2-6,17H,7H2,1H3. The molecule has 0 radical (unpaired) electrons. The van der Waals surface area contributed by atoms with Crippen LogP contribution < -0.4 is 5.32 Å². The van der Waals surface area contributed by atoms with Crippen molar-refractivity contribution in [2.45, 2.75) is 13.5 Å². The third-order valence-corrected chi connectivity index (χ3v) is 3.75. The van der Waals surface area contributed by atoms with E-state index in [2.05, 4.69) is 26.2 Å². The molecule has 0 saturated heterocycles. The maximum absolute atomic E-state index is 10.9. The van der Waals surface area contributed by atoms with E-state index in [1.54, 1.807) is 12.3 Å². The molecule has 0 spiro atoms. The van der Waals surface area contributed by atoms with E-state index in [1.807, 2.05) is 19.1 Å². The van der Waals surface area contributed by atoms with E-state index in [4.69, 9.17) is 11.6 Å². The van der Waals surface area contributed by atoms with E-state index >= 15 is 0 Å². The lowest BCUT2D eigenvalue weighted by molar-refractivity contribution is -0.385. The van der Waals surface area contributed by atoms with Crippen molar-refractivity contribution in [2.75, 3.05) is 5.32 Å². The van der Waals surface area contributed by atoms with Crippen LogP contribution in [0.3, 0.4) is 0 Å². The number of nitrogens with zero attached hydrogens (tertiary/aromatic N) is 2. The normalized spacial score (nSPS) is 10.3. The fourth-order valence-electron chi connectivity index (χ4n) is 1.74. The minimum absolute atomic E-state index is 0.0401. The van der Waals surface area contributed by atoms with Gasteiger partial charge in [-0.1, -0.05) is 17.7 Å². The number of nitro groups is 1. The summed E-state index contributed by atoms with van der Waals surface area (Å²) in [6, 6.07) is 6.84. The predicted molar refractivity (Wildman–Crippen MR) is 82.1 cm³/mol. The van der Waals surface area contributed by atoms with Gasteiger partial charge >= 0.3 is 0 Å². The van der Waals surface area contributed by atoms with Crippen LogP contribution in [0.5, 0.6) is 0 Å². The maximum Gasteiger partial charge on any atom is 0.283 e. The molecular weight excluding hydrogens is 346 g/mol. The van der Waals surface area contributed by atoms with Crippen molar-refractivity contribution < 1.29 is 4.92 Å². The zero-order valence-corrected chi connectivity index (χ0v) is 12.9. The number of nitrogens with one attached hydrogen (secondary N) is 1. The summed E-state index contributed by atoms with van der Waals surface area (Å²) in [6.45, 7) is 2.35. The van der Waals surface area contributed by atoms with Crippen molar-refractivity contribution in [1.29, 1.82) is 0 Å². The molecule has 0 bridgehead atoms. The molecule has 20 heavy (non-hydrogen) atoms. The largest absolute Gasteiger partial charge is 0.378 e. The van der Waals surface area contributed by atoms with Gasteiger partial charge in [0.1, 0.15) is 0 Å². The number of rotatable bonds is 4. The van der Waals surface area contributed by atoms with Gasteiger partial charge < -0.3 is 5.32 Å². The van der Waals surface area contributed by atoms with Gasteiger partial charge in [0.25, 0.3) is 5.69 Å². The first kappa shape index (κ1) is 14.7. The van der Waals surface area contributed by atoms with Crippen LogP contribution in [-0.2, 0) is 6.54 Å². The third-order valence-electron chi connectivity index (χ3n) is 2.79. The fourth-order valence-corrected chi connectivity index (χ4v) is 2.40. The summed E-state index contributed by atoms with van der Waals surface area (Å²) in [5.41, 5.74) is 2.54. The van der Waals surface area contributed by atoms with Gasteiger partial charge in [0, 0.05) is 18.8 Å². The second kappa shape index (κ2) is 6.19. The highest BCUT2D eigenvalue weighted by atomic mass is 79.9. The summed E-state index contributed by atoms with van der Waals surface area (Å²) >= 11 is 9.17. The first-order chi connectivity index (χ1) is 9.49. The van der Waals surface area contributed by atoms with Gasteiger partial charge in [0.05, 0.1) is 15.1 Å². The highest BCUT2D eigenvalue weighted by molar-refractivity contribution is 9.10. The van der Waals surface area contributed by atoms with Crippen molar-refractivity contribution in [3.63, 3.8) is 0 Å². The molecule has 0 amide bonds. The van der Waals surface area contributed by atoms with Crippen LogP contribution in [0.1, 0.15) is 11.1 Å². The quantitative estimate of drug-likeness (QED) is 0.503. The average Bonchev–Trinajstić information content (AvgIpc) is 2.39. The SMILES string of the molecule is Cc1ccnc(Cl)c1NCc1ccc(Br)c([N+](=O)[O-])c1. The number of aryl methyl sites for hydroxylation is 1. The van der Waals surface area contributed by atoms with Gasteiger partial charge in [-0.05, 0) is 46.1 Å². The molecule has 0 fully saturated rings. The van der Waals surface area contributed by atoms with Gasteiger partial charge in [0.2, 0.25) is 0 Å². The molecule has 0 aliphatic carbocycles. The molecule has 1 N–H and O–H groups in total. The van der Waals surface area contributed by atoms with Crippen LogP contribution in [0.2, 0.25) is 5.15 Å². The molecule has 0 atom stereocenters. The molecule has 2 aromatic rings. The number of hydrogen-bond donors (Lipinski definition) is 1. The minimum Gasteiger partial charge on any atom is -0.378 e. The van der Waals surface area contributed by atoms with Crippen molar-refractivity contribution >= 4 is 38.9 Å². The molecule has 0 saturated carbocycles.